The van der Waals surface area contributed by atoms with E-state index in [1.807, 2.05) is 0 Å². The van der Waals surface area contributed by atoms with Crippen molar-refractivity contribution in [2.45, 2.75) is 19.3 Å². The molecule has 0 saturated heterocycles. The number of carboxylic acids is 1. The molecule has 0 radical (unpaired) electrons. The van der Waals surface area contributed by atoms with Crippen molar-refractivity contribution in [1.82, 2.24) is 9.78 Å². The maximum atomic E-state index is 13.4. The number of primary amides is 1. The second-order valence-corrected chi connectivity index (χ2v) is 7.76. The molecule has 0 bridgehead atoms. The topological polar surface area (TPSA) is 136 Å². The number of aryl methyl sites for hydroxylation is 1. The van der Waals surface area contributed by atoms with Crippen LogP contribution in [0, 0.1) is 12.7 Å². The fourth-order valence-electron chi connectivity index (χ4n) is 3.93. The molecule has 1 aromatic heterocycles. The minimum atomic E-state index is -1.26. The van der Waals surface area contributed by atoms with Gasteiger partial charge in [0.15, 0.2) is 0 Å². The number of amides is 2. The van der Waals surface area contributed by atoms with Crippen LogP contribution in [0.15, 0.2) is 71.3 Å². The fraction of sp³-hybridized carbons (Fsp3) is 0.125. The molecule has 0 spiro atoms. The Kier molecular flexibility index (Phi) is 5.80. The second-order valence-electron chi connectivity index (χ2n) is 7.76. The van der Waals surface area contributed by atoms with E-state index in [-0.39, 0.29) is 28.9 Å². The van der Waals surface area contributed by atoms with E-state index in [9.17, 15) is 28.7 Å². The van der Waals surface area contributed by atoms with E-state index in [1.165, 1.54) is 60.9 Å². The van der Waals surface area contributed by atoms with Crippen LogP contribution in [-0.2, 0) is 9.59 Å². The Labute approximate surface area is 192 Å². The van der Waals surface area contributed by atoms with Gasteiger partial charge in [-0.1, -0.05) is 12.1 Å². The minimum Gasteiger partial charge on any atom is -0.478 e. The van der Waals surface area contributed by atoms with Crippen LogP contribution >= 0.6 is 0 Å². The number of hydrogen-bond donors (Lipinski definition) is 2. The molecule has 34 heavy (non-hydrogen) atoms. The molecule has 9 nitrogen and oxygen atoms in total. The van der Waals surface area contributed by atoms with Gasteiger partial charge in [0, 0.05) is 36.4 Å². The van der Waals surface area contributed by atoms with Crippen LogP contribution in [0.2, 0.25) is 0 Å². The summed E-state index contributed by atoms with van der Waals surface area (Å²) in [6.45, 7) is 1.60. The van der Waals surface area contributed by atoms with Crippen LogP contribution in [0.3, 0.4) is 0 Å². The fourth-order valence-corrected chi connectivity index (χ4v) is 3.93. The Balaban J connectivity index is 1.92. The van der Waals surface area contributed by atoms with Gasteiger partial charge in [0.1, 0.15) is 5.82 Å². The lowest BCUT2D eigenvalue weighted by Crippen LogP contribution is -2.36. The quantitative estimate of drug-likeness (QED) is 0.597. The number of carboxylic acid groups (broad SMARTS) is 1. The maximum Gasteiger partial charge on any atom is 0.333 e. The van der Waals surface area contributed by atoms with Gasteiger partial charge in [-0.15, -0.1) is 0 Å². The molecule has 172 valence electrons. The largest absolute Gasteiger partial charge is 0.478 e. The molecule has 4 rings (SSSR count). The molecule has 0 aliphatic carbocycles. The van der Waals surface area contributed by atoms with E-state index in [4.69, 9.17) is 5.73 Å². The Bertz CT molecular complexity index is 1410. The molecule has 3 N–H and O–H groups in total. The summed E-state index contributed by atoms with van der Waals surface area (Å²) >= 11 is 0. The van der Waals surface area contributed by atoms with E-state index >= 15 is 0 Å². The van der Waals surface area contributed by atoms with Crippen LogP contribution < -0.4 is 16.2 Å². The summed E-state index contributed by atoms with van der Waals surface area (Å²) in [5, 5.41) is 13.9. The van der Waals surface area contributed by atoms with Gasteiger partial charge in [-0.05, 0) is 48.4 Å². The van der Waals surface area contributed by atoms with Crippen molar-refractivity contribution in [3.63, 3.8) is 0 Å². The van der Waals surface area contributed by atoms with Gasteiger partial charge in [-0.25, -0.2) is 9.18 Å². The molecular formula is C24H19FN4O5. The molecule has 10 heteroatoms. The molecule has 1 aliphatic rings. The number of halogens is 1. The van der Waals surface area contributed by atoms with E-state index < -0.39 is 35.1 Å². The maximum absolute atomic E-state index is 13.4. The first-order valence-electron chi connectivity index (χ1n) is 10.2. The standard InChI is InChI=1S/C24H19FN4O5/c1-13-9-19(20(10-16(13)23(26)32)29-21(30)3-2-8-27-29)28-12-18(24(33)34)17(11-22(28)31)14-4-6-15(25)7-5-14/h2-10,12,17H,11H2,1H3,(H2,26,32)(H,33,34)/t17-/m0/s1. The van der Waals surface area contributed by atoms with E-state index in [2.05, 4.69) is 5.10 Å². The zero-order valence-electron chi connectivity index (χ0n) is 17.9. The van der Waals surface area contributed by atoms with Gasteiger partial charge in [0.25, 0.3) is 5.56 Å². The van der Waals surface area contributed by atoms with Gasteiger partial charge in [-0.2, -0.15) is 9.78 Å². The van der Waals surface area contributed by atoms with Crippen molar-refractivity contribution in [3.8, 4) is 5.69 Å². The Hall–Kier alpha value is -4.60. The minimum absolute atomic E-state index is 0.0829. The van der Waals surface area contributed by atoms with Gasteiger partial charge in [0.05, 0.1) is 16.9 Å². The van der Waals surface area contributed by atoms with Crippen LogP contribution in [-0.4, -0.2) is 32.7 Å². The van der Waals surface area contributed by atoms with Crippen LogP contribution in [0.4, 0.5) is 10.1 Å². The number of aromatic nitrogens is 2. The first kappa shape index (κ1) is 22.6. The Morgan fingerprint density at radius 1 is 1.12 bits per heavy atom. The molecule has 2 amide bonds. The molecule has 0 fully saturated rings. The number of anilines is 1. The highest BCUT2D eigenvalue weighted by Crippen LogP contribution is 2.37. The number of nitrogens with zero attached hydrogens (tertiary/aromatic N) is 3. The van der Waals surface area contributed by atoms with Crippen LogP contribution in [0.25, 0.3) is 5.69 Å². The Morgan fingerprint density at radius 3 is 2.44 bits per heavy atom. The molecule has 2 aromatic carbocycles. The van der Waals surface area contributed by atoms with Gasteiger partial charge in [0.2, 0.25) is 11.8 Å². The average Bonchev–Trinajstić information content (AvgIpc) is 2.79. The first-order chi connectivity index (χ1) is 16.2. The van der Waals surface area contributed by atoms with Crippen molar-refractivity contribution in [1.29, 1.82) is 0 Å². The number of hydrogen-bond acceptors (Lipinski definition) is 5. The van der Waals surface area contributed by atoms with Crippen molar-refractivity contribution in [3.05, 3.63) is 99.4 Å². The molecular weight excluding hydrogens is 443 g/mol. The van der Waals surface area contributed by atoms with Crippen LogP contribution in [0.5, 0.6) is 0 Å². The van der Waals surface area contributed by atoms with Crippen LogP contribution in [0.1, 0.15) is 33.8 Å². The number of aliphatic carboxylic acids is 1. The predicted octanol–water partition coefficient (Wildman–Crippen LogP) is 2.27. The number of carbonyl (C=O) groups is 3. The third-order valence-corrected chi connectivity index (χ3v) is 5.60. The lowest BCUT2D eigenvalue weighted by molar-refractivity contribution is -0.133. The molecule has 3 aromatic rings. The highest BCUT2D eigenvalue weighted by Gasteiger charge is 2.34. The summed E-state index contributed by atoms with van der Waals surface area (Å²) in [6, 6.07) is 10.8. The monoisotopic (exact) mass is 462 g/mol. The van der Waals surface area contributed by atoms with Crippen molar-refractivity contribution < 1.29 is 23.9 Å². The molecule has 1 atom stereocenters. The zero-order valence-corrected chi connectivity index (χ0v) is 17.9. The normalized spacial score (nSPS) is 15.7. The van der Waals surface area contributed by atoms with E-state index in [0.717, 1.165) is 9.58 Å². The second kappa shape index (κ2) is 8.74. The summed E-state index contributed by atoms with van der Waals surface area (Å²) < 4.78 is 14.4. The third kappa shape index (κ3) is 4.08. The first-order valence-corrected chi connectivity index (χ1v) is 10.2. The number of nitrogens with two attached hydrogens (primary N) is 1. The summed E-state index contributed by atoms with van der Waals surface area (Å²) in [5.41, 5.74) is 6.10. The van der Waals surface area contributed by atoms with Crippen molar-refractivity contribution in [2.75, 3.05) is 4.90 Å². The third-order valence-electron chi connectivity index (χ3n) is 5.60. The molecule has 1 aliphatic heterocycles. The number of benzene rings is 2. The number of rotatable bonds is 5. The van der Waals surface area contributed by atoms with Crippen molar-refractivity contribution in [2.24, 2.45) is 5.73 Å². The smallest absolute Gasteiger partial charge is 0.333 e. The lowest BCUT2D eigenvalue weighted by atomic mass is 9.85. The van der Waals surface area contributed by atoms with Crippen molar-refractivity contribution >= 4 is 23.5 Å². The molecule has 0 unspecified atom stereocenters. The van der Waals surface area contributed by atoms with Gasteiger partial charge < -0.3 is 10.8 Å². The summed E-state index contributed by atoms with van der Waals surface area (Å²) in [5.74, 6) is -3.74. The summed E-state index contributed by atoms with van der Waals surface area (Å²) in [7, 11) is 0. The predicted molar refractivity (Wildman–Crippen MR) is 120 cm³/mol. The number of carbonyl (C=O) groups excluding carboxylic acids is 2. The summed E-state index contributed by atoms with van der Waals surface area (Å²) in [6.07, 6.45) is 2.32. The lowest BCUT2D eigenvalue weighted by Gasteiger charge is -2.31. The SMILES string of the molecule is Cc1cc(N2C=C(C(=O)O)[C@H](c3ccc(F)cc3)CC2=O)c(-n2ncccc2=O)cc1C(N)=O. The van der Waals surface area contributed by atoms with E-state index in [0.29, 0.717) is 11.1 Å². The average molecular weight is 462 g/mol. The molecule has 0 saturated carbocycles. The highest BCUT2D eigenvalue weighted by atomic mass is 19.1. The van der Waals surface area contributed by atoms with Gasteiger partial charge in [-0.3, -0.25) is 19.3 Å². The Morgan fingerprint density at radius 2 is 1.82 bits per heavy atom. The summed E-state index contributed by atoms with van der Waals surface area (Å²) in [4.78, 5) is 50.9. The zero-order chi connectivity index (χ0) is 24.6. The van der Waals surface area contributed by atoms with E-state index in [1.54, 1.807) is 6.92 Å². The van der Waals surface area contributed by atoms with Gasteiger partial charge >= 0.3 is 5.97 Å². The molecule has 2 heterocycles. The highest BCUT2D eigenvalue weighted by molar-refractivity contribution is 6.04.